The van der Waals surface area contributed by atoms with Crippen LogP contribution in [0.4, 0.5) is 8.78 Å². The quantitative estimate of drug-likeness (QED) is 0.877. The van der Waals surface area contributed by atoms with E-state index in [0.717, 1.165) is 38.6 Å². The summed E-state index contributed by atoms with van der Waals surface area (Å²) in [5.74, 6) is -1.16. The Balaban J connectivity index is 1.78. The fourth-order valence-electron chi connectivity index (χ4n) is 2.71. The number of benzene rings is 1. The number of nitrogens with zero attached hydrogens (tertiary/aromatic N) is 1. The number of likely N-dealkylation sites (N-methyl/N-ethyl adjacent to an activating group) is 1. The van der Waals surface area contributed by atoms with E-state index in [2.05, 4.69) is 4.90 Å². The van der Waals surface area contributed by atoms with Crippen molar-refractivity contribution in [2.24, 2.45) is 5.73 Å². The van der Waals surface area contributed by atoms with Gasteiger partial charge in [0.15, 0.2) is 0 Å². The Bertz CT molecular complexity index is 430. The molecule has 1 heterocycles. The molecule has 1 aromatic rings. The van der Waals surface area contributed by atoms with Crippen molar-refractivity contribution in [3.05, 3.63) is 35.4 Å². The fraction of sp³-hybridized carbons (Fsp3) is 0.625. The third-order valence-electron chi connectivity index (χ3n) is 3.92. The minimum Gasteiger partial charge on any atom is -0.377 e. The lowest BCUT2D eigenvalue weighted by atomic mass is 10.0. The van der Waals surface area contributed by atoms with Gasteiger partial charge in [0, 0.05) is 25.3 Å². The molecule has 1 aromatic carbocycles. The zero-order valence-corrected chi connectivity index (χ0v) is 12.5. The van der Waals surface area contributed by atoms with Crippen molar-refractivity contribution in [1.82, 2.24) is 4.90 Å². The topological polar surface area (TPSA) is 38.5 Å². The molecule has 0 bridgehead atoms. The molecule has 1 fully saturated rings. The van der Waals surface area contributed by atoms with Crippen LogP contribution in [-0.4, -0.2) is 37.7 Å². The molecular formula is C16H24F2N2O. The predicted octanol–water partition coefficient (Wildman–Crippen LogP) is 2.86. The summed E-state index contributed by atoms with van der Waals surface area (Å²) >= 11 is 0. The molecule has 1 aliphatic rings. The number of hydrogen-bond donors (Lipinski definition) is 1. The molecule has 0 aromatic heterocycles. The van der Waals surface area contributed by atoms with E-state index in [4.69, 9.17) is 10.5 Å². The second-order valence-electron chi connectivity index (χ2n) is 5.85. The van der Waals surface area contributed by atoms with Crippen molar-refractivity contribution in [1.29, 1.82) is 0 Å². The molecule has 2 rings (SSSR count). The van der Waals surface area contributed by atoms with E-state index >= 15 is 0 Å². The highest BCUT2D eigenvalue weighted by atomic mass is 19.1. The smallest absolute Gasteiger partial charge is 0.126 e. The van der Waals surface area contributed by atoms with Gasteiger partial charge in [0.1, 0.15) is 11.6 Å². The molecule has 21 heavy (non-hydrogen) atoms. The summed E-state index contributed by atoms with van der Waals surface area (Å²) in [6.07, 6.45) is 4.43. The summed E-state index contributed by atoms with van der Waals surface area (Å²) in [5.41, 5.74) is 6.53. The first-order valence-electron chi connectivity index (χ1n) is 7.56. The van der Waals surface area contributed by atoms with Gasteiger partial charge in [0.05, 0.1) is 6.10 Å². The van der Waals surface area contributed by atoms with E-state index in [9.17, 15) is 8.78 Å². The van der Waals surface area contributed by atoms with Crippen LogP contribution in [0.5, 0.6) is 0 Å². The van der Waals surface area contributed by atoms with Crippen LogP contribution in [0.15, 0.2) is 18.2 Å². The normalized spacial score (nSPS) is 20.7. The average molecular weight is 298 g/mol. The Morgan fingerprint density at radius 2 is 2.00 bits per heavy atom. The minimum absolute atomic E-state index is 0.298. The van der Waals surface area contributed by atoms with Crippen LogP contribution in [0.2, 0.25) is 0 Å². The second-order valence-corrected chi connectivity index (χ2v) is 5.85. The largest absolute Gasteiger partial charge is 0.377 e. The monoisotopic (exact) mass is 298 g/mol. The van der Waals surface area contributed by atoms with Crippen molar-refractivity contribution < 1.29 is 13.5 Å². The molecule has 1 saturated heterocycles. The third kappa shape index (κ3) is 5.34. The Morgan fingerprint density at radius 3 is 2.62 bits per heavy atom. The van der Waals surface area contributed by atoms with Crippen molar-refractivity contribution >= 4 is 0 Å². The lowest BCUT2D eigenvalue weighted by molar-refractivity contribution is -0.00175. The Hall–Kier alpha value is -1.04. The van der Waals surface area contributed by atoms with Gasteiger partial charge in [-0.05, 0) is 57.0 Å². The summed E-state index contributed by atoms with van der Waals surface area (Å²) in [6.45, 7) is 2.50. The molecule has 0 amide bonds. The lowest BCUT2D eigenvalue weighted by Crippen LogP contribution is -2.34. The van der Waals surface area contributed by atoms with Gasteiger partial charge in [-0.3, -0.25) is 0 Å². The SMILES string of the molecule is CN(CCC(N)c1cc(F)cc(F)c1)CC1CCCCO1. The van der Waals surface area contributed by atoms with Gasteiger partial charge < -0.3 is 15.4 Å². The molecule has 0 saturated carbocycles. The predicted molar refractivity (Wildman–Crippen MR) is 79.0 cm³/mol. The zero-order chi connectivity index (χ0) is 15.2. The maximum Gasteiger partial charge on any atom is 0.126 e. The molecule has 0 spiro atoms. The molecular weight excluding hydrogens is 274 g/mol. The van der Waals surface area contributed by atoms with Gasteiger partial charge >= 0.3 is 0 Å². The maximum absolute atomic E-state index is 13.2. The number of halogens is 2. The number of nitrogens with two attached hydrogens (primary N) is 1. The van der Waals surface area contributed by atoms with Crippen molar-refractivity contribution in [3.63, 3.8) is 0 Å². The van der Waals surface area contributed by atoms with Crippen molar-refractivity contribution in [2.75, 3.05) is 26.7 Å². The molecule has 1 aliphatic heterocycles. The maximum atomic E-state index is 13.2. The van der Waals surface area contributed by atoms with E-state index in [0.29, 0.717) is 18.1 Å². The molecule has 2 N–H and O–H groups in total. The van der Waals surface area contributed by atoms with Crippen LogP contribution >= 0.6 is 0 Å². The Kier molecular flexibility index (Phi) is 6.08. The fourth-order valence-corrected chi connectivity index (χ4v) is 2.71. The first kappa shape index (κ1) is 16.3. The molecule has 0 radical (unpaired) electrons. The summed E-state index contributed by atoms with van der Waals surface area (Å²) in [7, 11) is 2.02. The first-order chi connectivity index (χ1) is 10.0. The molecule has 0 aliphatic carbocycles. The van der Waals surface area contributed by atoms with Gasteiger partial charge in [0.25, 0.3) is 0 Å². The van der Waals surface area contributed by atoms with Gasteiger partial charge in [-0.1, -0.05) is 0 Å². The average Bonchev–Trinajstić information content (AvgIpc) is 2.45. The van der Waals surface area contributed by atoms with Crippen LogP contribution in [-0.2, 0) is 4.74 Å². The molecule has 5 heteroatoms. The molecule has 118 valence electrons. The van der Waals surface area contributed by atoms with Gasteiger partial charge in [-0.2, -0.15) is 0 Å². The first-order valence-corrected chi connectivity index (χ1v) is 7.56. The van der Waals surface area contributed by atoms with Crippen LogP contribution in [0.1, 0.15) is 37.3 Å². The zero-order valence-electron chi connectivity index (χ0n) is 12.5. The van der Waals surface area contributed by atoms with Crippen LogP contribution < -0.4 is 5.73 Å². The summed E-state index contributed by atoms with van der Waals surface area (Å²) in [6, 6.07) is 3.11. The van der Waals surface area contributed by atoms with Crippen LogP contribution in [0.3, 0.4) is 0 Å². The third-order valence-corrected chi connectivity index (χ3v) is 3.92. The van der Waals surface area contributed by atoms with E-state index in [1.807, 2.05) is 7.05 Å². The van der Waals surface area contributed by atoms with Gasteiger partial charge in [0.2, 0.25) is 0 Å². The van der Waals surface area contributed by atoms with E-state index in [-0.39, 0.29) is 6.04 Å². The number of hydrogen-bond acceptors (Lipinski definition) is 3. The number of ether oxygens (including phenoxy) is 1. The second kappa shape index (κ2) is 7.82. The molecule has 2 atom stereocenters. The van der Waals surface area contributed by atoms with Crippen LogP contribution in [0.25, 0.3) is 0 Å². The van der Waals surface area contributed by atoms with E-state index < -0.39 is 11.6 Å². The lowest BCUT2D eigenvalue weighted by Gasteiger charge is -2.28. The highest BCUT2D eigenvalue weighted by Gasteiger charge is 2.16. The summed E-state index contributed by atoms with van der Waals surface area (Å²) < 4.78 is 32.0. The highest BCUT2D eigenvalue weighted by molar-refractivity contribution is 5.21. The van der Waals surface area contributed by atoms with Crippen LogP contribution in [0, 0.1) is 11.6 Å². The van der Waals surface area contributed by atoms with E-state index in [1.54, 1.807) is 0 Å². The molecule has 3 nitrogen and oxygen atoms in total. The van der Waals surface area contributed by atoms with Crippen molar-refractivity contribution in [3.8, 4) is 0 Å². The van der Waals surface area contributed by atoms with Crippen molar-refractivity contribution in [2.45, 2.75) is 37.8 Å². The Morgan fingerprint density at radius 1 is 1.29 bits per heavy atom. The Labute approximate surface area is 125 Å². The summed E-state index contributed by atoms with van der Waals surface area (Å²) in [4.78, 5) is 2.17. The summed E-state index contributed by atoms with van der Waals surface area (Å²) in [5, 5.41) is 0. The van der Waals surface area contributed by atoms with Gasteiger partial charge in [-0.15, -0.1) is 0 Å². The molecule has 2 unspecified atom stereocenters. The number of rotatable bonds is 6. The highest BCUT2D eigenvalue weighted by Crippen LogP contribution is 2.18. The minimum atomic E-state index is -0.579. The standard InChI is InChI=1S/C16H24F2N2O/c1-20(11-15-4-2-3-7-21-15)6-5-16(19)12-8-13(17)10-14(18)9-12/h8-10,15-16H,2-7,11,19H2,1H3. The van der Waals surface area contributed by atoms with E-state index in [1.165, 1.54) is 18.6 Å². The van der Waals surface area contributed by atoms with Gasteiger partial charge in [-0.25, -0.2) is 8.78 Å².